The summed E-state index contributed by atoms with van der Waals surface area (Å²) in [4.78, 5) is 14.2. The Morgan fingerprint density at radius 2 is 1.77 bits per heavy atom. The van der Waals surface area contributed by atoms with Gasteiger partial charge in [0.25, 0.3) is 5.56 Å². The van der Waals surface area contributed by atoms with E-state index in [2.05, 4.69) is 50.2 Å². The summed E-state index contributed by atoms with van der Waals surface area (Å²) in [6, 6.07) is 7.81. The molecule has 1 N–H and O–H groups in total. The Balaban J connectivity index is 3.02. The summed E-state index contributed by atoms with van der Waals surface area (Å²) in [7, 11) is 0. The lowest BCUT2D eigenvalue weighted by atomic mass is 10.2. The van der Waals surface area contributed by atoms with E-state index in [4.69, 9.17) is 0 Å². The first-order valence-electron chi connectivity index (χ1n) is 3.66. The molecule has 1 heterocycles. The molecule has 0 aliphatic heterocycles. The van der Waals surface area contributed by atoms with Gasteiger partial charge in [-0.2, -0.15) is 0 Å². The summed E-state index contributed by atoms with van der Waals surface area (Å²) >= 11 is 4.27. The molecular weight excluding hydrogens is 392 g/mol. The van der Waals surface area contributed by atoms with Gasteiger partial charge in [0.2, 0.25) is 0 Å². The van der Waals surface area contributed by atoms with Gasteiger partial charge in [0.15, 0.2) is 0 Å². The number of fused-ring (bicyclic) bond motifs is 1. The van der Waals surface area contributed by atoms with E-state index in [9.17, 15) is 4.79 Å². The topological polar surface area (TPSA) is 32.9 Å². The van der Waals surface area contributed by atoms with Gasteiger partial charge in [-0.3, -0.25) is 4.79 Å². The minimum Gasteiger partial charge on any atom is -0.321 e. The number of benzene rings is 1. The standard InChI is InChI=1S/C9H5I2NO/c10-7-5-3-1-2-4-6(5)12-9(13)8(7)11/h1-4H,(H,12,13). The van der Waals surface area contributed by atoms with Crippen molar-refractivity contribution >= 4 is 56.1 Å². The first-order chi connectivity index (χ1) is 6.20. The normalized spacial score (nSPS) is 10.6. The monoisotopic (exact) mass is 397 g/mol. The van der Waals surface area contributed by atoms with E-state index >= 15 is 0 Å². The second-order valence-corrected chi connectivity index (χ2v) is 4.79. The highest BCUT2D eigenvalue weighted by Crippen LogP contribution is 2.20. The van der Waals surface area contributed by atoms with Gasteiger partial charge in [-0.1, -0.05) is 18.2 Å². The van der Waals surface area contributed by atoms with Crippen molar-refractivity contribution < 1.29 is 0 Å². The van der Waals surface area contributed by atoms with E-state index in [0.29, 0.717) is 0 Å². The summed E-state index contributed by atoms with van der Waals surface area (Å²) in [6.45, 7) is 0. The van der Waals surface area contributed by atoms with Crippen LogP contribution in [0.4, 0.5) is 0 Å². The minimum absolute atomic E-state index is 0.0105. The van der Waals surface area contributed by atoms with E-state index in [1.165, 1.54) is 0 Å². The Kier molecular flexibility index (Phi) is 2.59. The van der Waals surface area contributed by atoms with Crippen molar-refractivity contribution in [3.8, 4) is 0 Å². The number of H-pyrrole nitrogens is 1. The summed E-state index contributed by atoms with van der Waals surface area (Å²) < 4.78 is 1.79. The molecule has 0 radical (unpaired) electrons. The van der Waals surface area contributed by atoms with Crippen LogP contribution in [-0.2, 0) is 0 Å². The van der Waals surface area contributed by atoms with Gasteiger partial charge in [0.1, 0.15) is 0 Å². The SMILES string of the molecule is O=c1[nH]c2ccccc2c(I)c1I. The first kappa shape index (κ1) is 9.45. The Hall–Kier alpha value is -0.110. The quantitative estimate of drug-likeness (QED) is 0.682. The molecular formula is C9H5I2NO. The van der Waals surface area contributed by atoms with Crippen LogP contribution in [0.15, 0.2) is 29.1 Å². The maximum absolute atomic E-state index is 11.4. The third-order valence-corrected chi connectivity index (χ3v) is 4.99. The second-order valence-electron chi connectivity index (χ2n) is 2.63. The minimum atomic E-state index is -0.0105. The second kappa shape index (κ2) is 3.56. The Labute approximate surface area is 102 Å². The van der Waals surface area contributed by atoms with E-state index in [1.54, 1.807) is 0 Å². The molecule has 1 aromatic heterocycles. The van der Waals surface area contributed by atoms with Crippen molar-refractivity contribution in [2.75, 3.05) is 0 Å². The van der Waals surface area contributed by atoms with Gasteiger partial charge in [-0.15, -0.1) is 0 Å². The van der Waals surface area contributed by atoms with Gasteiger partial charge < -0.3 is 4.98 Å². The molecule has 0 atom stereocenters. The van der Waals surface area contributed by atoms with E-state index in [1.807, 2.05) is 24.3 Å². The van der Waals surface area contributed by atoms with Gasteiger partial charge >= 0.3 is 0 Å². The molecule has 0 saturated carbocycles. The van der Waals surface area contributed by atoms with Gasteiger partial charge in [-0.05, 0) is 51.2 Å². The Morgan fingerprint density at radius 3 is 2.54 bits per heavy atom. The lowest BCUT2D eigenvalue weighted by Gasteiger charge is -2.01. The Morgan fingerprint density at radius 1 is 1.08 bits per heavy atom. The van der Waals surface area contributed by atoms with Crippen LogP contribution in [-0.4, -0.2) is 4.98 Å². The zero-order chi connectivity index (χ0) is 9.42. The molecule has 66 valence electrons. The zero-order valence-corrected chi connectivity index (χ0v) is 10.8. The number of halogens is 2. The lowest BCUT2D eigenvalue weighted by Crippen LogP contribution is -2.11. The summed E-state index contributed by atoms with van der Waals surface area (Å²) in [5.41, 5.74) is 0.890. The average Bonchev–Trinajstić information content (AvgIpc) is 2.15. The fraction of sp³-hybridized carbons (Fsp3) is 0. The van der Waals surface area contributed by atoms with Crippen molar-refractivity contribution in [2.24, 2.45) is 0 Å². The lowest BCUT2D eigenvalue weighted by molar-refractivity contribution is 1.27. The van der Waals surface area contributed by atoms with Crippen LogP contribution in [0.1, 0.15) is 0 Å². The fourth-order valence-electron chi connectivity index (χ4n) is 1.18. The van der Waals surface area contributed by atoms with Gasteiger partial charge in [0.05, 0.1) is 3.57 Å². The number of nitrogens with one attached hydrogen (secondary N) is 1. The van der Waals surface area contributed by atoms with Crippen molar-refractivity contribution in [3.05, 3.63) is 41.8 Å². The third-order valence-electron chi connectivity index (χ3n) is 1.80. The van der Waals surface area contributed by atoms with Gasteiger partial charge in [0, 0.05) is 14.5 Å². The van der Waals surface area contributed by atoms with E-state index in [0.717, 1.165) is 18.0 Å². The highest BCUT2D eigenvalue weighted by Gasteiger charge is 2.05. The molecule has 2 rings (SSSR count). The van der Waals surface area contributed by atoms with Crippen molar-refractivity contribution in [2.45, 2.75) is 0 Å². The summed E-state index contributed by atoms with van der Waals surface area (Å²) in [5, 5.41) is 1.10. The molecule has 0 aliphatic rings. The highest BCUT2D eigenvalue weighted by atomic mass is 127. The summed E-state index contributed by atoms with van der Waals surface area (Å²) in [5.74, 6) is 0. The summed E-state index contributed by atoms with van der Waals surface area (Å²) in [6.07, 6.45) is 0. The smallest absolute Gasteiger partial charge is 0.262 e. The molecule has 2 aromatic rings. The molecule has 0 amide bonds. The van der Waals surface area contributed by atoms with E-state index in [-0.39, 0.29) is 5.56 Å². The van der Waals surface area contributed by atoms with Crippen LogP contribution in [0.2, 0.25) is 0 Å². The number of hydrogen-bond acceptors (Lipinski definition) is 1. The largest absolute Gasteiger partial charge is 0.321 e. The van der Waals surface area contributed by atoms with Crippen molar-refractivity contribution in [1.82, 2.24) is 4.98 Å². The number of hydrogen-bond donors (Lipinski definition) is 1. The van der Waals surface area contributed by atoms with Crippen LogP contribution in [0.5, 0.6) is 0 Å². The molecule has 0 bridgehead atoms. The molecule has 13 heavy (non-hydrogen) atoms. The fourth-order valence-corrected chi connectivity index (χ4v) is 2.32. The maximum Gasteiger partial charge on any atom is 0.262 e. The molecule has 0 unspecified atom stereocenters. The van der Waals surface area contributed by atoms with E-state index < -0.39 is 0 Å². The van der Waals surface area contributed by atoms with Crippen LogP contribution in [0.3, 0.4) is 0 Å². The zero-order valence-electron chi connectivity index (χ0n) is 6.47. The number of pyridine rings is 1. The predicted molar refractivity (Wildman–Crippen MR) is 70.0 cm³/mol. The number of aromatic amines is 1. The third kappa shape index (κ3) is 1.61. The molecule has 0 spiro atoms. The van der Waals surface area contributed by atoms with Crippen LogP contribution >= 0.6 is 45.2 Å². The molecule has 0 saturated heterocycles. The molecule has 1 aromatic carbocycles. The van der Waals surface area contributed by atoms with Crippen molar-refractivity contribution in [3.63, 3.8) is 0 Å². The highest BCUT2D eigenvalue weighted by molar-refractivity contribution is 14.1. The first-order valence-corrected chi connectivity index (χ1v) is 5.82. The van der Waals surface area contributed by atoms with Gasteiger partial charge in [-0.25, -0.2) is 0 Å². The maximum atomic E-state index is 11.4. The number of rotatable bonds is 0. The van der Waals surface area contributed by atoms with Crippen molar-refractivity contribution in [1.29, 1.82) is 0 Å². The molecule has 2 nitrogen and oxygen atoms in total. The van der Waals surface area contributed by atoms with Crippen LogP contribution in [0, 0.1) is 7.14 Å². The molecule has 4 heteroatoms. The Bertz CT molecular complexity index is 518. The van der Waals surface area contributed by atoms with Crippen LogP contribution in [0.25, 0.3) is 10.9 Å². The number of para-hydroxylation sites is 1. The number of aromatic nitrogens is 1. The molecule has 0 aliphatic carbocycles. The predicted octanol–water partition coefficient (Wildman–Crippen LogP) is 2.74. The average molecular weight is 397 g/mol. The molecule has 0 fully saturated rings. The van der Waals surface area contributed by atoms with Crippen LogP contribution < -0.4 is 5.56 Å².